The number of amides is 1. The summed E-state index contributed by atoms with van der Waals surface area (Å²) in [6.07, 6.45) is 7.85. The molecule has 1 amide bonds. The number of carbonyl (C=O) groups excluding carboxylic acids is 2. The highest BCUT2D eigenvalue weighted by atomic mass is 79.9. The van der Waals surface area contributed by atoms with Crippen LogP contribution in [-0.2, 0) is 16.1 Å². The van der Waals surface area contributed by atoms with E-state index in [4.69, 9.17) is 4.74 Å². The van der Waals surface area contributed by atoms with E-state index in [1.54, 1.807) is 35.6 Å². The number of unbranched alkanes of at least 4 members (excludes halogenated alkanes) is 1. The molecule has 1 saturated heterocycles. The molecule has 7 nitrogen and oxygen atoms in total. The molecular formula is C27H28BrN3O4. The van der Waals surface area contributed by atoms with E-state index in [0.29, 0.717) is 37.4 Å². The molecule has 1 aliphatic rings. The van der Waals surface area contributed by atoms with Crippen LogP contribution in [0.3, 0.4) is 0 Å². The Kier molecular flexibility index (Phi) is 8.02. The van der Waals surface area contributed by atoms with Crippen LogP contribution in [0.25, 0.3) is 5.76 Å². The number of imidazole rings is 1. The third kappa shape index (κ3) is 5.65. The summed E-state index contributed by atoms with van der Waals surface area (Å²) in [7, 11) is 0. The van der Waals surface area contributed by atoms with Crippen molar-refractivity contribution in [3.05, 3.63) is 88.4 Å². The van der Waals surface area contributed by atoms with Crippen LogP contribution in [0.1, 0.15) is 43.4 Å². The average molecular weight is 538 g/mol. The topological polar surface area (TPSA) is 84.7 Å². The number of hydrogen-bond donors (Lipinski definition) is 1. The van der Waals surface area contributed by atoms with Gasteiger partial charge in [-0.15, -0.1) is 0 Å². The summed E-state index contributed by atoms with van der Waals surface area (Å²) in [5, 5.41) is 11.3. The van der Waals surface area contributed by atoms with Gasteiger partial charge in [0.25, 0.3) is 11.7 Å². The van der Waals surface area contributed by atoms with Gasteiger partial charge in [-0.3, -0.25) is 9.59 Å². The van der Waals surface area contributed by atoms with Gasteiger partial charge in [-0.25, -0.2) is 4.98 Å². The van der Waals surface area contributed by atoms with Crippen molar-refractivity contribution < 1.29 is 19.4 Å². The summed E-state index contributed by atoms with van der Waals surface area (Å²) >= 11 is 3.44. The Morgan fingerprint density at radius 1 is 1.11 bits per heavy atom. The standard InChI is InChI=1S/C27H28BrN3O4/c1-2-3-16-35-22-7-4-6-20(17-22)25(32)23-24(19-8-10-21(28)11-9-19)31(27(34)26(23)33)14-5-13-30-15-12-29-18-30/h4,6-12,15,17-18,24,32H,2-3,5,13-14,16H2,1H3/b25-23+. The maximum atomic E-state index is 13.2. The van der Waals surface area contributed by atoms with Crippen LogP contribution in [0, 0.1) is 0 Å². The van der Waals surface area contributed by atoms with Gasteiger partial charge in [0, 0.05) is 35.5 Å². The van der Waals surface area contributed by atoms with E-state index in [0.717, 1.165) is 22.9 Å². The van der Waals surface area contributed by atoms with Crippen molar-refractivity contribution in [2.75, 3.05) is 13.2 Å². The van der Waals surface area contributed by atoms with Crippen molar-refractivity contribution >= 4 is 33.4 Å². The van der Waals surface area contributed by atoms with E-state index in [9.17, 15) is 14.7 Å². The third-order valence-corrected chi connectivity index (χ3v) is 6.50. The Labute approximate surface area is 213 Å². The van der Waals surface area contributed by atoms with E-state index in [1.807, 2.05) is 41.1 Å². The fourth-order valence-electron chi connectivity index (χ4n) is 4.17. The number of ketones is 1. The largest absolute Gasteiger partial charge is 0.507 e. The normalized spacial score (nSPS) is 17.2. The molecule has 8 heteroatoms. The number of ether oxygens (including phenoxy) is 1. The van der Waals surface area contributed by atoms with Gasteiger partial charge in [0.05, 0.1) is 24.5 Å². The van der Waals surface area contributed by atoms with Crippen LogP contribution in [-0.4, -0.2) is 44.4 Å². The number of benzene rings is 2. The lowest BCUT2D eigenvalue weighted by molar-refractivity contribution is -0.139. The Bertz CT molecular complexity index is 1210. The number of rotatable bonds is 10. The van der Waals surface area contributed by atoms with Gasteiger partial charge >= 0.3 is 0 Å². The molecule has 1 N–H and O–H groups in total. The molecule has 3 aromatic rings. The van der Waals surface area contributed by atoms with Crippen LogP contribution in [0.2, 0.25) is 0 Å². The lowest BCUT2D eigenvalue weighted by Gasteiger charge is -2.25. The quantitative estimate of drug-likeness (QED) is 0.163. The molecule has 0 aliphatic carbocycles. The van der Waals surface area contributed by atoms with Crippen molar-refractivity contribution in [2.45, 2.75) is 38.8 Å². The van der Waals surface area contributed by atoms with E-state index >= 15 is 0 Å². The first-order valence-corrected chi connectivity index (χ1v) is 12.5. The highest BCUT2D eigenvalue weighted by Gasteiger charge is 2.45. The number of aliphatic hydroxyl groups is 1. The smallest absolute Gasteiger partial charge is 0.295 e. The van der Waals surface area contributed by atoms with Gasteiger partial charge in [-0.2, -0.15) is 0 Å². The van der Waals surface area contributed by atoms with Crippen molar-refractivity contribution in [2.24, 2.45) is 0 Å². The highest BCUT2D eigenvalue weighted by molar-refractivity contribution is 9.10. The molecule has 1 aliphatic heterocycles. The number of aromatic nitrogens is 2. The zero-order valence-corrected chi connectivity index (χ0v) is 21.1. The molecule has 0 saturated carbocycles. The van der Waals surface area contributed by atoms with Gasteiger partial charge in [0.2, 0.25) is 0 Å². The second kappa shape index (κ2) is 11.4. The third-order valence-electron chi connectivity index (χ3n) is 5.97. The van der Waals surface area contributed by atoms with Gasteiger partial charge in [0.15, 0.2) is 0 Å². The second-order valence-electron chi connectivity index (χ2n) is 8.43. The maximum Gasteiger partial charge on any atom is 0.295 e. The van der Waals surface area contributed by atoms with Crippen LogP contribution < -0.4 is 4.74 Å². The van der Waals surface area contributed by atoms with Crippen LogP contribution >= 0.6 is 15.9 Å². The summed E-state index contributed by atoms with van der Waals surface area (Å²) < 4.78 is 8.58. The molecule has 0 radical (unpaired) electrons. The Morgan fingerprint density at radius 3 is 2.63 bits per heavy atom. The molecule has 0 bridgehead atoms. The Morgan fingerprint density at radius 2 is 1.91 bits per heavy atom. The fraction of sp³-hybridized carbons (Fsp3) is 0.296. The minimum absolute atomic E-state index is 0.0886. The number of likely N-dealkylation sites (tertiary alicyclic amines) is 1. The molecule has 1 atom stereocenters. The van der Waals surface area contributed by atoms with Crippen LogP contribution in [0.15, 0.2) is 77.3 Å². The van der Waals surface area contributed by atoms with Crippen LogP contribution in [0.5, 0.6) is 5.75 Å². The molecule has 1 fully saturated rings. The molecule has 0 spiro atoms. The predicted octanol–water partition coefficient (Wildman–Crippen LogP) is 5.34. The zero-order valence-electron chi connectivity index (χ0n) is 19.6. The molecule has 35 heavy (non-hydrogen) atoms. The minimum atomic E-state index is -0.685. The summed E-state index contributed by atoms with van der Waals surface area (Å²) in [6, 6.07) is 13.8. The first-order valence-electron chi connectivity index (χ1n) is 11.7. The van der Waals surface area contributed by atoms with E-state index in [1.165, 1.54) is 0 Å². The fourth-order valence-corrected chi connectivity index (χ4v) is 4.43. The van der Waals surface area contributed by atoms with Crippen molar-refractivity contribution in [1.29, 1.82) is 0 Å². The molecule has 1 unspecified atom stereocenters. The van der Waals surface area contributed by atoms with Crippen molar-refractivity contribution in [3.8, 4) is 5.75 Å². The van der Waals surface area contributed by atoms with E-state index in [2.05, 4.69) is 27.8 Å². The molecule has 2 heterocycles. The first-order chi connectivity index (χ1) is 17.0. The number of aliphatic hydroxyl groups excluding tert-OH is 1. The van der Waals surface area contributed by atoms with Gasteiger partial charge < -0.3 is 19.3 Å². The average Bonchev–Trinajstić information content (AvgIpc) is 3.47. The number of nitrogens with zero attached hydrogens (tertiary/aromatic N) is 3. The first kappa shape index (κ1) is 24.7. The summed E-state index contributed by atoms with van der Waals surface area (Å²) in [5.41, 5.74) is 1.29. The second-order valence-corrected chi connectivity index (χ2v) is 9.34. The molecule has 4 rings (SSSR count). The van der Waals surface area contributed by atoms with Crippen molar-refractivity contribution in [3.63, 3.8) is 0 Å². The monoisotopic (exact) mass is 537 g/mol. The SMILES string of the molecule is CCCCOc1cccc(/C(O)=C2\C(=O)C(=O)N(CCCn3ccnc3)C2c2ccc(Br)cc2)c1. The predicted molar refractivity (Wildman–Crippen MR) is 137 cm³/mol. The number of carbonyl (C=O) groups is 2. The zero-order chi connectivity index (χ0) is 24.8. The maximum absolute atomic E-state index is 13.2. The molecule has 182 valence electrons. The van der Waals surface area contributed by atoms with Gasteiger partial charge in [-0.1, -0.05) is 53.5 Å². The summed E-state index contributed by atoms with van der Waals surface area (Å²) in [6.45, 7) is 3.68. The number of aryl methyl sites for hydroxylation is 1. The molecular weight excluding hydrogens is 510 g/mol. The molecule has 2 aromatic carbocycles. The summed E-state index contributed by atoms with van der Waals surface area (Å²) in [4.78, 5) is 31.9. The van der Waals surface area contributed by atoms with Gasteiger partial charge in [-0.05, 0) is 42.7 Å². The highest BCUT2D eigenvalue weighted by Crippen LogP contribution is 2.40. The number of Topliss-reactive ketones (excluding diaryl/α,β-unsaturated/α-hetero) is 1. The molecule has 1 aromatic heterocycles. The summed E-state index contributed by atoms with van der Waals surface area (Å²) in [5.74, 6) is -0.887. The van der Waals surface area contributed by atoms with Crippen LogP contribution in [0.4, 0.5) is 0 Å². The number of hydrogen-bond acceptors (Lipinski definition) is 5. The lowest BCUT2D eigenvalue weighted by atomic mass is 9.95. The van der Waals surface area contributed by atoms with Gasteiger partial charge in [0.1, 0.15) is 11.5 Å². The van der Waals surface area contributed by atoms with E-state index < -0.39 is 17.7 Å². The lowest BCUT2D eigenvalue weighted by Crippen LogP contribution is -2.31. The minimum Gasteiger partial charge on any atom is -0.507 e. The van der Waals surface area contributed by atoms with E-state index in [-0.39, 0.29) is 11.3 Å². The van der Waals surface area contributed by atoms with Crippen molar-refractivity contribution in [1.82, 2.24) is 14.5 Å². The Hall–Kier alpha value is -3.39. The number of halogens is 1. The Balaban J connectivity index is 1.68.